The highest BCUT2D eigenvalue weighted by Crippen LogP contribution is 2.53. The Balaban J connectivity index is 0.00000304. The van der Waals surface area contributed by atoms with Crippen molar-refractivity contribution in [1.29, 1.82) is 0 Å². The van der Waals surface area contributed by atoms with Crippen LogP contribution in [0.3, 0.4) is 0 Å². The molecule has 3 fully saturated rings. The number of benzene rings is 1. The Morgan fingerprint density at radius 2 is 2.03 bits per heavy atom. The summed E-state index contributed by atoms with van der Waals surface area (Å²) >= 11 is 0. The molecular formula is C30H38FNO3. The number of nitrogens with one attached hydrogen (secondary N) is 1. The molecule has 1 aliphatic heterocycles. The molecule has 3 aliphatic carbocycles. The van der Waals surface area contributed by atoms with Gasteiger partial charge in [0.15, 0.2) is 0 Å². The third kappa shape index (κ3) is 4.87. The van der Waals surface area contributed by atoms with Gasteiger partial charge in [0.25, 0.3) is 0 Å². The monoisotopic (exact) mass is 479 g/mol. The number of esters is 1. The van der Waals surface area contributed by atoms with E-state index >= 15 is 0 Å². The quantitative estimate of drug-likeness (QED) is 0.531. The van der Waals surface area contributed by atoms with Crippen molar-refractivity contribution < 1.29 is 20.1 Å². The number of carbonyl (C=O) groups is 2. The SMILES string of the molecule is CC(=O)N[C@@H]1CC[C@@H]2[C@H](C1)C[C@@H]1C(=O)O[C@@H](C)[C@@H]1[C@H]2/C=C/C1=CC=C(c2cccc(F)c2)C(C)C1.[HH]. The molecule has 5 heteroatoms. The van der Waals surface area contributed by atoms with Crippen molar-refractivity contribution in [2.24, 2.45) is 35.5 Å². The number of fused-ring (bicyclic) bond motifs is 2. The Morgan fingerprint density at radius 1 is 1.20 bits per heavy atom. The molecule has 0 bridgehead atoms. The van der Waals surface area contributed by atoms with Crippen LogP contribution in [-0.2, 0) is 14.3 Å². The number of rotatable bonds is 4. The summed E-state index contributed by atoms with van der Waals surface area (Å²) in [6.45, 7) is 5.82. The normalized spacial score (nSPS) is 36.6. The highest BCUT2D eigenvalue weighted by molar-refractivity contribution is 5.76. The van der Waals surface area contributed by atoms with Gasteiger partial charge in [-0.3, -0.25) is 9.59 Å². The van der Waals surface area contributed by atoms with Crippen molar-refractivity contribution in [2.45, 2.75) is 65.0 Å². The van der Waals surface area contributed by atoms with Crippen molar-refractivity contribution in [3.05, 3.63) is 65.5 Å². The smallest absolute Gasteiger partial charge is 0.309 e. The number of allylic oxidation sites excluding steroid dienone is 6. The molecule has 188 valence electrons. The molecule has 1 aromatic rings. The van der Waals surface area contributed by atoms with E-state index in [4.69, 9.17) is 4.74 Å². The van der Waals surface area contributed by atoms with Crippen molar-refractivity contribution in [3.63, 3.8) is 0 Å². The van der Waals surface area contributed by atoms with E-state index in [0.717, 1.165) is 37.7 Å². The van der Waals surface area contributed by atoms with Crippen molar-refractivity contribution in [3.8, 4) is 0 Å². The van der Waals surface area contributed by atoms with Gasteiger partial charge in [-0.25, -0.2) is 4.39 Å². The number of hydrogen-bond donors (Lipinski definition) is 1. The second-order valence-corrected chi connectivity index (χ2v) is 11.1. The Hall–Kier alpha value is -2.69. The fraction of sp³-hybridized carbons (Fsp3) is 0.533. The lowest BCUT2D eigenvalue weighted by atomic mass is 9.56. The Morgan fingerprint density at radius 3 is 2.77 bits per heavy atom. The second-order valence-electron chi connectivity index (χ2n) is 11.1. The van der Waals surface area contributed by atoms with Crippen LogP contribution in [0.4, 0.5) is 4.39 Å². The molecule has 1 heterocycles. The predicted octanol–water partition coefficient (Wildman–Crippen LogP) is 6.10. The van der Waals surface area contributed by atoms with Crippen LogP contribution in [0, 0.1) is 41.3 Å². The number of ether oxygens (including phenoxy) is 1. The third-order valence-corrected chi connectivity index (χ3v) is 8.80. The van der Waals surface area contributed by atoms with E-state index in [1.165, 1.54) is 17.2 Å². The fourth-order valence-electron chi connectivity index (χ4n) is 7.33. The zero-order valence-corrected chi connectivity index (χ0v) is 20.9. The molecule has 5 rings (SSSR count). The lowest BCUT2D eigenvalue weighted by Gasteiger charge is -2.47. The number of halogens is 1. The first-order valence-corrected chi connectivity index (χ1v) is 13.1. The van der Waals surface area contributed by atoms with Gasteiger partial charge in [0.05, 0.1) is 5.92 Å². The maximum atomic E-state index is 13.7. The molecule has 2 saturated carbocycles. The van der Waals surface area contributed by atoms with Crippen LogP contribution >= 0.6 is 0 Å². The number of cyclic esters (lactones) is 1. The second kappa shape index (κ2) is 9.75. The minimum atomic E-state index is -0.206. The van der Waals surface area contributed by atoms with E-state index in [9.17, 15) is 14.0 Å². The van der Waals surface area contributed by atoms with Crippen LogP contribution in [0.1, 0.15) is 59.9 Å². The molecule has 0 aromatic heterocycles. The topological polar surface area (TPSA) is 55.4 Å². The summed E-state index contributed by atoms with van der Waals surface area (Å²) in [7, 11) is 0. The summed E-state index contributed by atoms with van der Waals surface area (Å²) in [4.78, 5) is 24.3. The molecule has 35 heavy (non-hydrogen) atoms. The first-order chi connectivity index (χ1) is 16.8. The summed E-state index contributed by atoms with van der Waals surface area (Å²) in [6.07, 6.45) is 13.6. The number of amides is 1. The maximum absolute atomic E-state index is 13.7. The largest absolute Gasteiger partial charge is 0.462 e. The fourth-order valence-corrected chi connectivity index (χ4v) is 7.33. The number of hydrogen-bond acceptors (Lipinski definition) is 3. The van der Waals surface area contributed by atoms with Gasteiger partial charge in [0.1, 0.15) is 11.9 Å². The van der Waals surface area contributed by atoms with E-state index in [2.05, 4.69) is 36.5 Å². The lowest BCUT2D eigenvalue weighted by molar-refractivity contribution is -0.144. The molecule has 1 unspecified atom stereocenters. The standard InChI is InChI=1S/C30H36FNO3.H2/c1-17-13-20(7-10-25(17)21-5-4-6-23(31)14-21)8-11-27-26-12-9-24(32-19(3)33)15-22(26)16-28-29(27)18(2)35-30(28)34;/h4-8,10-11,14,17-18,22,24,26-29H,9,12-13,15-16H2,1-3H3,(H,32,33);1H/b11-8+;/t17?,18-,22+,24+,26+,27-,28-,29+;/m0./s1. The summed E-state index contributed by atoms with van der Waals surface area (Å²) < 4.78 is 19.5. The van der Waals surface area contributed by atoms with Gasteiger partial charge < -0.3 is 10.1 Å². The van der Waals surface area contributed by atoms with Gasteiger partial charge in [-0.2, -0.15) is 0 Å². The maximum Gasteiger partial charge on any atom is 0.309 e. The van der Waals surface area contributed by atoms with Crippen molar-refractivity contribution in [1.82, 2.24) is 5.32 Å². The lowest BCUT2D eigenvalue weighted by Crippen LogP contribution is -2.48. The molecule has 1 saturated heterocycles. The van der Waals surface area contributed by atoms with Gasteiger partial charge in [-0.15, -0.1) is 0 Å². The first kappa shape index (κ1) is 24.0. The van der Waals surface area contributed by atoms with Crippen LogP contribution in [-0.4, -0.2) is 24.0 Å². The Kier molecular flexibility index (Phi) is 6.69. The Labute approximate surface area is 209 Å². The summed E-state index contributed by atoms with van der Waals surface area (Å²) in [5.41, 5.74) is 3.38. The molecule has 1 aromatic carbocycles. The molecular weight excluding hydrogens is 441 g/mol. The predicted molar refractivity (Wildman–Crippen MR) is 137 cm³/mol. The highest BCUT2D eigenvalue weighted by atomic mass is 19.1. The van der Waals surface area contributed by atoms with Crippen molar-refractivity contribution in [2.75, 3.05) is 0 Å². The van der Waals surface area contributed by atoms with E-state index in [0.29, 0.717) is 23.7 Å². The van der Waals surface area contributed by atoms with E-state index in [1.807, 2.05) is 13.0 Å². The van der Waals surface area contributed by atoms with Gasteiger partial charge in [0.2, 0.25) is 5.91 Å². The summed E-state index contributed by atoms with van der Waals surface area (Å²) in [6, 6.07) is 7.03. The minimum Gasteiger partial charge on any atom is -0.462 e. The highest BCUT2D eigenvalue weighted by Gasteiger charge is 2.54. The van der Waals surface area contributed by atoms with Crippen LogP contribution in [0.2, 0.25) is 0 Å². The summed E-state index contributed by atoms with van der Waals surface area (Å²) in [5, 5.41) is 3.11. The molecule has 0 radical (unpaired) electrons. The average Bonchev–Trinajstić information content (AvgIpc) is 3.09. The molecule has 4 aliphatic rings. The van der Waals surface area contributed by atoms with Crippen LogP contribution in [0.25, 0.3) is 5.57 Å². The molecule has 4 nitrogen and oxygen atoms in total. The summed E-state index contributed by atoms with van der Waals surface area (Å²) in [5.74, 6) is 1.48. The molecule has 8 atom stereocenters. The van der Waals surface area contributed by atoms with E-state index in [1.54, 1.807) is 19.1 Å². The van der Waals surface area contributed by atoms with Crippen LogP contribution < -0.4 is 5.32 Å². The molecule has 1 N–H and O–H groups in total. The zero-order chi connectivity index (χ0) is 24.7. The van der Waals surface area contributed by atoms with Gasteiger partial charge in [0, 0.05) is 20.3 Å². The minimum absolute atomic E-state index is 0. The van der Waals surface area contributed by atoms with Crippen LogP contribution in [0.15, 0.2) is 54.1 Å². The van der Waals surface area contributed by atoms with Gasteiger partial charge in [-0.1, -0.05) is 43.4 Å². The van der Waals surface area contributed by atoms with Crippen molar-refractivity contribution >= 4 is 17.4 Å². The molecule has 0 spiro atoms. The Bertz CT molecular complexity index is 1100. The van der Waals surface area contributed by atoms with E-state index < -0.39 is 0 Å². The van der Waals surface area contributed by atoms with Crippen LogP contribution in [0.5, 0.6) is 0 Å². The number of carbonyl (C=O) groups excluding carboxylic acids is 2. The zero-order valence-electron chi connectivity index (χ0n) is 20.9. The van der Waals surface area contributed by atoms with Gasteiger partial charge >= 0.3 is 5.97 Å². The molecule has 1 amide bonds. The van der Waals surface area contributed by atoms with Gasteiger partial charge in [-0.05, 0) is 91.5 Å². The first-order valence-electron chi connectivity index (χ1n) is 13.1. The third-order valence-electron chi connectivity index (χ3n) is 8.80. The van der Waals surface area contributed by atoms with E-state index in [-0.39, 0.29) is 43.1 Å². The average molecular weight is 480 g/mol.